The maximum atomic E-state index is 13.4. The molecule has 0 bridgehead atoms. The summed E-state index contributed by atoms with van der Waals surface area (Å²) in [5, 5.41) is 0.989. The van der Waals surface area contributed by atoms with E-state index in [-0.39, 0.29) is 22.2 Å². The summed E-state index contributed by atoms with van der Waals surface area (Å²) >= 11 is 1.20. The summed E-state index contributed by atoms with van der Waals surface area (Å²) in [6, 6.07) is 2.32. The molecular weight excluding hydrogens is 292 g/mol. The van der Waals surface area contributed by atoms with Gasteiger partial charge in [-0.3, -0.25) is 0 Å². The molecule has 0 aliphatic heterocycles. The molecule has 0 atom stereocenters. The zero-order chi connectivity index (χ0) is 15.1. The largest absolute Gasteiger partial charge is 0.416 e. The zero-order valence-corrected chi connectivity index (χ0v) is 11.6. The van der Waals surface area contributed by atoms with Crippen molar-refractivity contribution in [3.63, 3.8) is 0 Å². The number of benzene rings is 1. The number of nitrogens with zero attached hydrogens (tertiary/aromatic N) is 1. The number of halogens is 4. The summed E-state index contributed by atoms with van der Waals surface area (Å²) in [6.07, 6.45) is -4.61. The molecular formula is C13H12F4N2S. The fourth-order valence-electron chi connectivity index (χ4n) is 1.69. The number of nitrogens with two attached hydrogens (primary N) is 1. The third kappa shape index (κ3) is 2.92. The molecule has 1 heterocycles. The van der Waals surface area contributed by atoms with Crippen molar-refractivity contribution in [1.82, 2.24) is 4.98 Å². The van der Waals surface area contributed by atoms with E-state index in [9.17, 15) is 17.6 Å². The molecule has 108 valence electrons. The van der Waals surface area contributed by atoms with Crippen LogP contribution in [-0.4, -0.2) is 4.98 Å². The Morgan fingerprint density at radius 2 is 1.85 bits per heavy atom. The molecule has 0 unspecified atom stereocenters. The van der Waals surface area contributed by atoms with Crippen molar-refractivity contribution in [2.24, 2.45) is 0 Å². The van der Waals surface area contributed by atoms with Crippen molar-refractivity contribution in [2.75, 3.05) is 5.73 Å². The molecule has 20 heavy (non-hydrogen) atoms. The third-order valence-corrected chi connectivity index (χ3v) is 3.85. The minimum Gasteiger partial charge on any atom is -0.389 e. The average Bonchev–Trinajstić information content (AvgIpc) is 2.69. The van der Waals surface area contributed by atoms with Crippen LogP contribution in [0.5, 0.6) is 0 Å². The van der Waals surface area contributed by atoms with Gasteiger partial charge in [0.05, 0.1) is 10.6 Å². The number of rotatable bonds is 2. The summed E-state index contributed by atoms with van der Waals surface area (Å²) < 4.78 is 51.4. The van der Waals surface area contributed by atoms with Crippen molar-refractivity contribution < 1.29 is 17.6 Å². The highest BCUT2D eigenvalue weighted by atomic mass is 32.1. The number of alkyl halides is 3. The first-order valence-electron chi connectivity index (χ1n) is 5.83. The molecule has 0 saturated heterocycles. The lowest BCUT2D eigenvalue weighted by atomic mass is 10.1. The van der Waals surface area contributed by atoms with Crippen LogP contribution in [0.2, 0.25) is 0 Å². The number of nitrogen functional groups attached to an aromatic ring is 1. The fraction of sp³-hybridized carbons (Fsp3) is 0.308. The molecule has 0 fully saturated rings. The van der Waals surface area contributed by atoms with E-state index in [1.54, 1.807) is 0 Å². The Labute approximate surface area is 117 Å². The normalized spacial score (nSPS) is 12.2. The molecule has 2 aromatic rings. The van der Waals surface area contributed by atoms with Crippen LogP contribution in [-0.2, 0) is 6.18 Å². The molecule has 2 nitrogen and oxygen atoms in total. The van der Waals surface area contributed by atoms with Crippen molar-refractivity contribution in [3.8, 4) is 11.3 Å². The number of anilines is 1. The van der Waals surface area contributed by atoms with Crippen molar-refractivity contribution in [2.45, 2.75) is 25.9 Å². The van der Waals surface area contributed by atoms with E-state index in [1.165, 1.54) is 11.3 Å². The van der Waals surface area contributed by atoms with Gasteiger partial charge in [0.25, 0.3) is 0 Å². The van der Waals surface area contributed by atoms with E-state index in [1.807, 2.05) is 13.8 Å². The van der Waals surface area contributed by atoms with E-state index in [0.29, 0.717) is 11.1 Å². The van der Waals surface area contributed by atoms with Crippen LogP contribution >= 0.6 is 11.3 Å². The van der Waals surface area contributed by atoms with Gasteiger partial charge in [0, 0.05) is 11.5 Å². The van der Waals surface area contributed by atoms with E-state index >= 15 is 0 Å². The first-order chi connectivity index (χ1) is 9.18. The Morgan fingerprint density at radius 3 is 2.35 bits per heavy atom. The Morgan fingerprint density at radius 1 is 1.20 bits per heavy atom. The predicted molar refractivity (Wildman–Crippen MR) is 71.0 cm³/mol. The fourth-order valence-corrected chi connectivity index (χ4v) is 2.55. The summed E-state index contributed by atoms with van der Waals surface area (Å²) in [5.74, 6) is -0.861. The quantitative estimate of drug-likeness (QED) is 0.819. The smallest absolute Gasteiger partial charge is 0.389 e. The molecule has 0 radical (unpaired) electrons. The SMILES string of the molecule is CC(C)c1nc(-c2cc(F)cc(C(F)(F)F)c2)c(N)s1. The number of thiazole rings is 1. The molecule has 0 aliphatic rings. The zero-order valence-electron chi connectivity index (χ0n) is 10.8. The molecule has 7 heteroatoms. The van der Waals surface area contributed by atoms with Crippen LogP contribution in [0.15, 0.2) is 18.2 Å². The van der Waals surface area contributed by atoms with E-state index in [4.69, 9.17) is 5.73 Å². The molecule has 0 aliphatic carbocycles. The van der Waals surface area contributed by atoms with Gasteiger partial charge in [-0.25, -0.2) is 9.37 Å². The predicted octanol–water partition coefficient (Wildman–Crippen LogP) is 4.67. The number of hydrogen-bond donors (Lipinski definition) is 1. The van der Waals surface area contributed by atoms with E-state index in [2.05, 4.69) is 4.98 Å². The van der Waals surface area contributed by atoms with Crippen molar-refractivity contribution in [3.05, 3.63) is 34.6 Å². The van der Waals surface area contributed by atoms with Gasteiger partial charge >= 0.3 is 6.18 Å². The van der Waals surface area contributed by atoms with Gasteiger partial charge in [0.15, 0.2) is 0 Å². The first kappa shape index (κ1) is 14.8. The minimum absolute atomic E-state index is 0.0398. The average molecular weight is 304 g/mol. The highest BCUT2D eigenvalue weighted by molar-refractivity contribution is 7.16. The molecule has 0 spiro atoms. The minimum atomic E-state index is -4.61. The highest BCUT2D eigenvalue weighted by Gasteiger charge is 2.32. The Bertz CT molecular complexity index is 632. The van der Waals surface area contributed by atoms with Gasteiger partial charge in [-0.1, -0.05) is 13.8 Å². The van der Waals surface area contributed by atoms with Gasteiger partial charge < -0.3 is 5.73 Å². The molecule has 1 aromatic heterocycles. The van der Waals surface area contributed by atoms with Crippen LogP contribution in [0.3, 0.4) is 0 Å². The van der Waals surface area contributed by atoms with Gasteiger partial charge in [-0.05, 0) is 18.2 Å². The number of hydrogen-bond acceptors (Lipinski definition) is 3. The Hall–Kier alpha value is -1.63. The molecule has 1 aromatic carbocycles. The lowest BCUT2D eigenvalue weighted by molar-refractivity contribution is -0.137. The topological polar surface area (TPSA) is 38.9 Å². The molecule has 2 rings (SSSR count). The maximum Gasteiger partial charge on any atom is 0.416 e. The van der Waals surface area contributed by atoms with Crippen LogP contribution in [0.25, 0.3) is 11.3 Å². The number of aromatic nitrogens is 1. The van der Waals surface area contributed by atoms with Crippen molar-refractivity contribution >= 4 is 16.3 Å². The highest BCUT2D eigenvalue weighted by Crippen LogP contribution is 2.37. The maximum absolute atomic E-state index is 13.4. The molecule has 0 amide bonds. The van der Waals surface area contributed by atoms with Crippen LogP contribution in [0, 0.1) is 5.82 Å². The van der Waals surface area contributed by atoms with Gasteiger partial charge in [0.2, 0.25) is 0 Å². The second-order valence-electron chi connectivity index (χ2n) is 4.65. The Balaban J connectivity index is 2.55. The lowest BCUT2D eigenvalue weighted by Crippen LogP contribution is -2.05. The summed E-state index contributed by atoms with van der Waals surface area (Å²) in [7, 11) is 0. The molecule has 0 saturated carbocycles. The first-order valence-corrected chi connectivity index (χ1v) is 6.64. The lowest BCUT2D eigenvalue weighted by Gasteiger charge is -2.08. The second-order valence-corrected chi connectivity index (χ2v) is 5.71. The summed E-state index contributed by atoms with van der Waals surface area (Å²) in [5.41, 5.74) is 4.96. The van der Waals surface area contributed by atoms with Gasteiger partial charge in [-0.2, -0.15) is 13.2 Å². The van der Waals surface area contributed by atoms with Crippen molar-refractivity contribution in [1.29, 1.82) is 0 Å². The van der Waals surface area contributed by atoms with Crippen LogP contribution in [0.1, 0.15) is 30.3 Å². The van der Waals surface area contributed by atoms with E-state index < -0.39 is 17.6 Å². The summed E-state index contributed by atoms with van der Waals surface area (Å²) in [4.78, 5) is 4.20. The van der Waals surface area contributed by atoms with Crippen LogP contribution in [0.4, 0.5) is 22.6 Å². The monoisotopic (exact) mass is 304 g/mol. The van der Waals surface area contributed by atoms with Gasteiger partial charge in [-0.15, -0.1) is 11.3 Å². The second kappa shape index (κ2) is 5.05. The third-order valence-electron chi connectivity index (χ3n) is 2.66. The van der Waals surface area contributed by atoms with Gasteiger partial charge in [0.1, 0.15) is 16.5 Å². The Kier molecular flexibility index (Phi) is 3.73. The molecule has 2 N–H and O–H groups in total. The standard InChI is InChI=1S/C13H12F4N2S/c1-6(2)12-19-10(11(18)20-12)7-3-8(13(15,16)17)5-9(14)4-7/h3-6H,18H2,1-2H3. The van der Waals surface area contributed by atoms with Crippen LogP contribution < -0.4 is 5.73 Å². The summed E-state index contributed by atoms with van der Waals surface area (Å²) in [6.45, 7) is 3.80. The van der Waals surface area contributed by atoms with E-state index in [0.717, 1.165) is 12.1 Å².